The quantitative estimate of drug-likeness (QED) is 0.818. The highest BCUT2D eigenvalue weighted by molar-refractivity contribution is 7.99. The number of thioether (sulfide) groups is 1. The van der Waals surface area contributed by atoms with Gasteiger partial charge in [0.25, 0.3) is 0 Å². The van der Waals surface area contributed by atoms with Gasteiger partial charge in [0.1, 0.15) is 5.75 Å². The summed E-state index contributed by atoms with van der Waals surface area (Å²) < 4.78 is 11.0. The van der Waals surface area contributed by atoms with Crippen LogP contribution in [0.2, 0.25) is 0 Å². The Balaban J connectivity index is 2.08. The fourth-order valence-corrected chi connectivity index (χ4v) is 3.54. The highest BCUT2D eigenvalue weighted by Gasteiger charge is 2.24. The highest BCUT2D eigenvalue weighted by Crippen LogP contribution is 2.32. The molecule has 0 amide bonds. The van der Waals surface area contributed by atoms with E-state index in [0.717, 1.165) is 41.7 Å². The van der Waals surface area contributed by atoms with Gasteiger partial charge in [-0.2, -0.15) is 11.8 Å². The molecule has 0 aliphatic carbocycles. The van der Waals surface area contributed by atoms with Crippen LogP contribution in [-0.2, 0) is 15.3 Å². The zero-order chi connectivity index (χ0) is 15.2. The molecule has 0 bridgehead atoms. The van der Waals surface area contributed by atoms with E-state index < -0.39 is 5.97 Å². The van der Waals surface area contributed by atoms with Gasteiger partial charge >= 0.3 is 5.97 Å². The van der Waals surface area contributed by atoms with Gasteiger partial charge in [0.2, 0.25) is 0 Å². The minimum absolute atomic E-state index is 0.288. The molecule has 21 heavy (non-hydrogen) atoms. The van der Waals surface area contributed by atoms with Crippen LogP contribution in [0.4, 0.5) is 0 Å². The third-order valence-electron chi connectivity index (χ3n) is 3.48. The molecule has 1 aliphatic rings. The van der Waals surface area contributed by atoms with Gasteiger partial charge in [0, 0.05) is 29.2 Å². The molecule has 2 atom stereocenters. The van der Waals surface area contributed by atoms with E-state index in [1.807, 2.05) is 30.0 Å². The molecule has 1 aliphatic heterocycles. The Hall–Kier alpha value is -1.46. The van der Waals surface area contributed by atoms with Gasteiger partial charge in [-0.3, -0.25) is 0 Å². The smallest absolute Gasteiger partial charge is 0.328 e. The Labute approximate surface area is 129 Å². The lowest BCUT2D eigenvalue weighted by molar-refractivity contribution is -0.131. The van der Waals surface area contributed by atoms with Gasteiger partial charge in [0.15, 0.2) is 0 Å². The Morgan fingerprint density at radius 3 is 3.00 bits per heavy atom. The predicted octanol–water partition coefficient (Wildman–Crippen LogP) is 3.20. The second-order valence-corrected chi connectivity index (χ2v) is 6.18. The molecule has 114 valence electrons. The number of benzene rings is 1. The van der Waals surface area contributed by atoms with Crippen molar-refractivity contribution in [1.82, 2.24) is 0 Å². The van der Waals surface area contributed by atoms with E-state index in [0.29, 0.717) is 5.25 Å². The third kappa shape index (κ3) is 4.51. The normalized spacial score (nSPS) is 21.8. The molecule has 2 unspecified atom stereocenters. The number of hydrogen-bond acceptors (Lipinski definition) is 4. The van der Waals surface area contributed by atoms with E-state index in [4.69, 9.17) is 14.6 Å². The maximum absolute atomic E-state index is 10.6. The molecule has 0 radical (unpaired) electrons. The third-order valence-corrected chi connectivity index (χ3v) is 5.01. The van der Waals surface area contributed by atoms with Crippen molar-refractivity contribution in [2.45, 2.75) is 30.5 Å². The number of ether oxygens (including phenoxy) is 2. The van der Waals surface area contributed by atoms with Crippen molar-refractivity contribution in [2.24, 2.45) is 0 Å². The van der Waals surface area contributed by atoms with Crippen molar-refractivity contribution >= 4 is 23.8 Å². The summed E-state index contributed by atoms with van der Waals surface area (Å²) >= 11 is 1.86. The zero-order valence-corrected chi connectivity index (χ0v) is 13.1. The SMILES string of the molecule is COc1ccc(/C=C/C(=O)O)cc1CSC1CCOC1C. The molecular formula is C16H20O4S. The number of carboxylic acids is 1. The fourth-order valence-electron chi connectivity index (χ4n) is 2.31. The lowest BCUT2D eigenvalue weighted by atomic mass is 10.1. The number of aliphatic carboxylic acids is 1. The molecular weight excluding hydrogens is 288 g/mol. The Morgan fingerprint density at radius 2 is 2.38 bits per heavy atom. The monoisotopic (exact) mass is 308 g/mol. The molecule has 1 saturated heterocycles. The van der Waals surface area contributed by atoms with Gasteiger partial charge in [0.05, 0.1) is 13.2 Å². The first-order chi connectivity index (χ1) is 10.1. The molecule has 1 aromatic carbocycles. The van der Waals surface area contributed by atoms with Crippen LogP contribution in [0.15, 0.2) is 24.3 Å². The summed E-state index contributed by atoms with van der Waals surface area (Å²) in [6, 6.07) is 5.71. The Kier molecular flexibility index (Phi) is 5.70. The van der Waals surface area contributed by atoms with E-state index in [2.05, 4.69) is 6.92 Å². The molecule has 0 aromatic heterocycles. The first-order valence-electron chi connectivity index (χ1n) is 6.91. The maximum atomic E-state index is 10.6. The number of carboxylic acid groups (broad SMARTS) is 1. The minimum atomic E-state index is -0.946. The van der Waals surface area contributed by atoms with Crippen LogP contribution < -0.4 is 4.74 Å². The molecule has 1 aromatic rings. The van der Waals surface area contributed by atoms with Crippen LogP contribution in [0.25, 0.3) is 6.08 Å². The number of carbonyl (C=O) groups is 1. The summed E-state index contributed by atoms with van der Waals surface area (Å²) in [6.45, 7) is 2.94. The van der Waals surface area contributed by atoms with Crippen LogP contribution in [0.1, 0.15) is 24.5 Å². The van der Waals surface area contributed by atoms with Gasteiger partial charge in [-0.1, -0.05) is 6.07 Å². The van der Waals surface area contributed by atoms with E-state index in [-0.39, 0.29) is 6.10 Å². The molecule has 1 heterocycles. The largest absolute Gasteiger partial charge is 0.496 e. The van der Waals surface area contributed by atoms with Gasteiger partial charge in [-0.25, -0.2) is 4.79 Å². The van der Waals surface area contributed by atoms with E-state index in [9.17, 15) is 4.79 Å². The van der Waals surface area contributed by atoms with Crippen LogP contribution >= 0.6 is 11.8 Å². The van der Waals surface area contributed by atoms with Crippen molar-refractivity contribution < 1.29 is 19.4 Å². The van der Waals surface area contributed by atoms with Crippen molar-refractivity contribution in [3.8, 4) is 5.75 Å². The average Bonchev–Trinajstić information content (AvgIpc) is 2.88. The Bertz CT molecular complexity index is 527. The molecule has 1 fully saturated rings. The van der Waals surface area contributed by atoms with Gasteiger partial charge in [-0.15, -0.1) is 0 Å². The van der Waals surface area contributed by atoms with Crippen molar-refractivity contribution in [1.29, 1.82) is 0 Å². The standard InChI is InChI=1S/C16H20O4S/c1-11-15(7-8-20-11)21-10-13-9-12(4-6-16(17)18)3-5-14(13)19-2/h3-6,9,11,15H,7-8,10H2,1-2H3,(H,17,18)/b6-4+. The first kappa shape index (κ1) is 15.9. The predicted molar refractivity (Wildman–Crippen MR) is 84.8 cm³/mol. The topological polar surface area (TPSA) is 55.8 Å². The number of hydrogen-bond donors (Lipinski definition) is 1. The lowest BCUT2D eigenvalue weighted by Gasteiger charge is -2.15. The summed E-state index contributed by atoms with van der Waals surface area (Å²) in [6.07, 6.45) is 4.10. The zero-order valence-electron chi connectivity index (χ0n) is 12.2. The van der Waals surface area contributed by atoms with Crippen molar-refractivity contribution in [3.05, 3.63) is 35.4 Å². The van der Waals surface area contributed by atoms with Gasteiger partial charge in [-0.05, 0) is 37.1 Å². The van der Waals surface area contributed by atoms with Crippen molar-refractivity contribution in [2.75, 3.05) is 13.7 Å². The minimum Gasteiger partial charge on any atom is -0.496 e. The summed E-state index contributed by atoms with van der Waals surface area (Å²) in [4.78, 5) is 10.6. The highest BCUT2D eigenvalue weighted by atomic mass is 32.2. The summed E-state index contributed by atoms with van der Waals surface area (Å²) in [5.74, 6) is 0.719. The molecule has 0 saturated carbocycles. The van der Waals surface area contributed by atoms with E-state index in [1.165, 1.54) is 0 Å². The van der Waals surface area contributed by atoms with Crippen LogP contribution in [0, 0.1) is 0 Å². The molecule has 0 spiro atoms. The summed E-state index contributed by atoms with van der Waals surface area (Å²) in [5, 5.41) is 9.20. The maximum Gasteiger partial charge on any atom is 0.328 e. The summed E-state index contributed by atoms with van der Waals surface area (Å²) in [7, 11) is 1.65. The fraction of sp³-hybridized carbons (Fsp3) is 0.438. The van der Waals surface area contributed by atoms with Crippen molar-refractivity contribution in [3.63, 3.8) is 0 Å². The molecule has 5 heteroatoms. The van der Waals surface area contributed by atoms with Crippen LogP contribution in [-0.4, -0.2) is 36.1 Å². The summed E-state index contributed by atoms with van der Waals surface area (Å²) in [5.41, 5.74) is 1.94. The lowest BCUT2D eigenvalue weighted by Crippen LogP contribution is -2.13. The van der Waals surface area contributed by atoms with Crippen LogP contribution in [0.3, 0.4) is 0 Å². The number of rotatable bonds is 6. The first-order valence-corrected chi connectivity index (χ1v) is 7.96. The number of methoxy groups -OCH3 is 1. The average molecular weight is 308 g/mol. The Morgan fingerprint density at radius 1 is 1.57 bits per heavy atom. The second kappa shape index (κ2) is 7.52. The molecule has 4 nitrogen and oxygen atoms in total. The van der Waals surface area contributed by atoms with E-state index in [1.54, 1.807) is 13.2 Å². The van der Waals surface area contributed by atoms with E-state index >= 15 is 0 Å². The van der Waals surface area contributed by atoms with Gasteiger partial charge < -0.3 is 14.6 Å². The molecule has 1 N–H and O–H groups in total. The van der Waals surface area contributed by atoms with Crippen LogP contribution in [0.5, 0.6) is 5.75 Å². The molecule has 2 rings (SSSR count). The second-order valence-electron chi connectivity index (χ2n) is 4.96.